The minimum atomic E-state index is -1.50. The first kappa shape index (κ1) is 16.0. The summed E-state index contributed by atoms with van der Waals surface area (Å²) in [6.07, 6.45) is 0. The van der Waals surface area contributed by atoms with Gasteiger partial charge in [-0.15, -0.1) is 10.1 Å². The van der Waals surface area contributed by atoms with Gasteiger partial charge in [0.2, 0.25) is 0 Å². The zero-order valence-electron chi connectivity index (χ0n) is 2.71. The van der Waals surface area contributed by atoms with E-state index < -0.39 is 5.09 Å². The Morgan fingerprint density at radius 3 is 1.67 bits per heavy atom. The van der Waals surface area contributed by atoms with Crippen LogP contribution in [0.4, 0.5) is 0 Å². The van der Waals surface area contributed by atoms with Crippen LogP contribution in [0.5, 0.6) is 0 Å². The number of nitrogens with zero attached hydrogens (tertiary/aromatic N) is 1. The van der Waals surface area contributed by atoms with Crippen molar-refractivity contribution in [1.29, 1.82) is 0 Å². The Labute approximate surface area is 67.1 Å². The Bertz CT molecular complexity index is 30.5. The van der Waals surface area contributed by atoms with Crippen molar-refractivity contribution in [2.24, 2.45) is 0 Å². The molecule has 0 aliphatic heterocycles. The standard InChI is InChI=1S/Ce.HNO3.H2O/c;2-1(3)4;/h;(H,2,3,4);1H2. The van der Waals surface area contributed by atoms with Gasteiger partial charge in [0.05, 0.1) is 0 Å². The van der Waals surface area contributed by atoms with Gasteiger partial charge in [0.1, 0.15) is 0 Å². The monoisotopic (exact) mass is 221 g/mol. The molecular formula is H3CeNO4. The quantitative estimate of drug-likeness (QED) is 0.412. The fourth-order valence-corrected chi connectivity index (χ4v) is 0. The predicted molar refractivity (Wildman–Crippen MR) is 12.4 cm³/mol. The van der Waals surface area contributed by atoms with Crippen LogP contribution in [0.1, 0.15) is 0 Å². The minimum Gasteiger partial charge on any atom is -0.412 e. The van der Waals surface area contributed by atoms with E-state index in [-0.39, 0.29) is 47.2 Å². The molecule has 0 aliphatic rings. The molecule has 0 unspecified atom stereocenters. The van der Waals surface area contributed by atoms with Gasteiger partial charge in [-0.1, -0.05) is 0 Å². The molecule has 0 amide bonds. The van der Waals surface area contributed by atoms with Crippen LogP contribution in [0, 0.1) is 51.9 Å². The molecule has 0 fully saturated rings. The Hall–Kier alpha value is 0.537. The molecule has 0 aromatic heterocycles. The van der Waals surface area contributed by atoms with Crippen molar-refractivity contribution >= 4 is 0 Å². The van der Waals surface area contributed by atoms with E-state index in [9.17, 15) is 0 Å². The Balaban J connectivity index is -0.0000000450. The van der Waals surface area contributed by atoms with E-state index in [1.165, 1.54) is 0 Å². The normalized spacial score (nSPS) is 4.00. The second-order valence-corrected chi connectivity index (χ2v) is 0.238. The zero-order valence-corrected chi connectivity index (χ0v) is 5.85. The van der Waals surface area contributed by atoms with E-state index in [0.717, 1.165) is 0 Å². The van der Waals surface area contributed by atoms with Crippen LogP contribution in [0.2, 0.25) is 0 Å². The third kappa shape index (κ3) is 197. The van der Waals surface area contributed by atoms with Gasteiger partial charge in [0.25, 0.3) is 5.09 Å². The number of hydrogen-bond acceptors (Lipinski definition) is 2. The molecule has 5 nitrogen and oxygen atoms in total. The first-order valence-corrected chi connectivity index (χ1v) is 0.565. The minimum absolute atomic E-state index is 0. The van der Waals surface area contributed by atoms with E-state index in [1.54, 1.807) is 0 Å². The molecule has 3 N–H and O–H groups in total. The topological polar surface area (TPSA) is 94.9 Å². The van der Waals surface area contributed by atoms with Gasteiger partial charge in [-0.05, 0) is 0 Å². The summed E-state index contributed by atoms with van der Waals surface area (Å²) in [5.74, 6) is 0. The summed E-state index contributed by atoms with van der Waals surface area (Å²) in [7, 11) is 0. The molecule has 36 valence electrons. The average Bonchev–Trinajstić information content (AvgIpc) is 0.811. The molecule has 0 aliphatic carbocycles. The summed E-state index contributed by atoms with van der Waals surface area (Å²) < 4.78 is 0. The molecule has 0 rings (SSSR count). The van der Waals surface area contributed by atoms with Crippen LogP contribution in [0.3, 0.4) is 0 Å². The molecule has 0 bridgehead atoms. The van der Waals surface area contributed by atoms with Crippen LogP contribution in [0.15, 0.2) is 0 Å². The summed E-state index contributed by atoms with van der Waals surface area (Å²) in [4.78, 5) is 8.36. The van der Waals surface area contributed by atoms with Crippen LogP contribution in [-0.2, 0) is 0 Å². The van der Waals surface area contributed by atoms with Gasteiger partial charge in [0, 0.05) is 41.7 Å². The van der Waals surface area contributed by atoms with Gasteiger partial charge in [-0.3, -0.25) is 0 Å². The molecule has 0 atom stereocenters. The molecule has 0 saturated heterocycles. The van der Waals surface area contributed by atoms with Gasteiger partial charge in [-0.2, -0.15) is 0 Å². The van der Waals surface area contributed by atoms with Gasteiger partial charge in [-0.25, -0.2) is 0 Å². The first-order valence-electron chi connectivity index (χ1n) is 0.565. The molecular weight excluding hydrogens is 218 g/mol. The van der Waals surface area contributed by atoms with Crippen molar-refractivity contribution in [3.05, 3.63) is 10.1 Å². The zero-order chi connectivity index (χ0) is 3.58. The maximum atomic E-state index is 8.36. The maximum Gasteiger partial charge on any atom is 0.291 e. The first-order chi connectivity index (χ1) is 1.73. The molecule has 0 aromatic rings. The smallest absolute Gasteiger partial charge is 0.291 e. The summed E-state index contributed by atoms with van der Waals surface area (Å²) in [6, 6.07) is 0. The van der Waals surface area contributed by atoms with E-state index in [1.807, 2.05) is 0 Å². The molecule has 6 heavy (non-hydrogen) atoms. The van der Waals surface area contributed by atoms with Gasteiger partial charge in [0.15, 0.2) is 0 Å². The molecule has 0 saturated carbocycles. The fraction of sp³-hybridized carbons (Fsp3) is 0. The van der Waals surface area contributed by atoms with E-state index >= 15 is 0 Å². The summed E-state index contributed by atoms with van der Waals surface area (Å²) >= 11 is 0. The van der Waals surface area contributed by atoms with Crippen molar-refractivity contribution < 1.29 is 57.5 Å². The largest absolute Gasteiger partial charge is 0.412 e. The van der Waals surface area contributed by atoms with E-state index in [4.69, 9.17) is 15.3 Å². The van der Waals surface area contributed by atoms with Gasteiger partial charge < -0.3 is 10.7 Å². The molecule has 0 radical (unpaired) electrons. The summed E-state index contributed by atoms with van der Waals surface area (Å²) in [5.41, 5.74) is 0. The van der Waals surface area contributed by atoms with E-state index in [2.05, 4.69) is 0 Å². The van der Waals surface area contributed by atoms with E-state index in [0.29, 0.717) is 0 Å². The molecule has 0 aromatic carbocycles. The fourth-order valence-electron chi connectivity index (χ4n) is 0. The maximum absolute atomic E-state index is 8.36. The summed E-state index contributed by atoms with van der Waals surface area (Å²) in [5, 5.41) is 13.6. The second kappa shape index (κ2) is 9.11. The van der Waals surface area contributed by atoms with Crippen LogP contribution >= 0.6 is 0 Å². The molecule has 0 spiro atoms. The van der Waals surface area contributed by atoms with Gasteiger partial charge >= 0.3 is 0 Å². The van der Waals surface area contributed by atoms with Crippen molar-refractivity contribution in [1.82, 2.24) is 0 Å². The van der Waals surface area contributed by atoms with Crippen molar-refractivity contribution in [2.75, 3.05) is 0 Å². The Morgan fingerprint density at radius 1 is 1.67 bits per heavy atom. The molecule has 6 heteroatoms. The van der Waals surface area contributed by atoms with Crippen molar-refractivity contribution in [2.45, 2.75) is 0 Å². The third-order valence-electron chi connectivity index (χ3n) is 0. The van der Waals surface area contributed by atoms with Crippen molar-refractivity contribution in [3.8, 4) is 0 Å². The Morgan fingerprint density at radius 2 is 1.67 bits per heavy atom. The molecule has 0 heterocycles. The number of hydrogen-bond donors (Lipinski definition) is 1. The SMILES string of the molecule is O.O=[N+]([O-])O.[Ce]. The van der Waals surface area contributed by atoms with Crippen LogP contribution in [-0.4, -0.2) is 15.8 Å². The second-order valence-electron chi connectivity index (χ2n) is 0.238. The van der Waals surface area contributed by atoms with Crippen LogP contribution in [0.25, 0.3) is 0 Å². The van der Waals surface area contributed by atoms with Crippen LogP contribution < -0.4 is 0 Å². The Kier molecular flexibility index (Phi) is 24.3. The predicted octanol–water partition coefficient (Wildman–Crippen LogP) is -1.17. The number of rotatable bonds is 0. The summed E-state index contributed by atoms with van der Waals surface area (Å²) in [6.45, 7) is 0. The average molecular weight is 221 g/mol. The van der Waals surface area contributed by atoms with Crippen molar-refractivity contribution in [3.63, 3.8) is 0 Å². The third-order valence-corrected chi connectivity index (χ3v) is 0.